The van der Waals surface area contributed by atoms with E-state index in [1.54, 1.807) is 0 Å². The predicted molar refractivity (Wildman–Crippen MR) is 35.9 cm³/mol. The van der Waals surface area contributed by atoms with Crippen LogP contribution in [0.3, 0.4) is 0 Å². The molecular weight excluding hydrogens is 269 g/mol. The number of nitrogens with zero attached hydrogens (tertiary/aromatic N) is 1. The molecular formula is C7F9N. The van der Waals surface area contributed by atoms with Crippen LogP contribution < -0.4 is 5.12 Å². The summed E-state index contributed by atoms with van der Waals surface area (Å²) in [7, 11) is 0. The first kappa shape index (κ1) is 13.5. The fraction of sp³-hybridized carbons (Fsp3) is 0.143. The van der Waals surface area contributed by atoms with Crippen molar-refractivity contribution in [3.8, 4) is 0 Å². The van der Waals surface area contributed by atoms with Crippen molar-refractivity contribution in [2.45, 2.75) is 6.30 Å². The Morgan fingerprint density at radius 2 is 0.941 bits per heavy atom. The molecule has 10 heteroatoms. The molecule has 1 aromatic rings. The molecule has 0 amide bonds. The van der Waals surface area contributed by atoms with Gasteiger partial charge in [-0.3, -0.25) is 0 Å². The lowest BCUT2D eigenvalue weighted by atomic mass is 10.2. The van der Waals surface area contributed by atoms with Gasteiger partial charge in [0.1, 0.15) is 0 Å². The summed E-state index contributed by atoms with van der Waals surface area (Å²) in [6.07, 6.45) is -5.95. The van der Waals surface area contributed by atoms with E-state index in [0.717, 1.165) is 0 Å². The monoisotopic (exact) mass is 269 g/mol. The number of benzene rings is 1. The van der Waals surface area contributed by atoms with E-state index in [1.165, 1.54) is 0 Å². The molecule has 17 heavy (non-hydrogen) atoms. The van der Waals surface area contributed by atoms with Crippen molar-refractivity contribution in [3.63, 3.8) is 0 Å². The Bertz CT molecular complexity index is 423. The third-order valence-electron chi connectivity index (χ3n) is 1.61. The van der Waals surface area contributed by atoms with Gasteiger partial charge in [-0.15, -0.1) is 18.3 Å². The molecule has 0 radical (unpaired) electrons. The average molecular weight is 269 g/mol. The van der Waals surface area contributed by atoms with Crippen LogP contribution in [0.2, 0.25) is 0 Å². The van der Waals surface area contributed by atoms with Crippen molar-refractivity contribution in [1.29, 1.82) is 0 Å². The molecule has 0 heterocycles. The SMILES string of the molecule is Fc1c(F)c(F)c(N(F)C(F)(F)F)c(F)c1F. The summed E-state index contributed by atoms with van der Waals surface area (Å²) in [5.41, 5.74) is -2.71. The Hall–Kier alpha value is -1.61. The molecule has 0 saturated carbocycles. The number of halogens is 9. The molecule has 1 rings (SSSR count). The predicted octanol–water partition coefficient (Wildman–Crippen LogP) is 3.59. The van der Waals surface area contributed by atoms with Crippen molar-refractivity contribution < 1.29 is 39.6 Å². The van der Waals surface area contributed by atoms with E-state index in [0.29, 0.717) is 0 Å². The second kappa shape index (κ2) is 4.00. The minimum absolute atomic E-state index is 2.50. The van der Waals surface area contributed by atoms with Crippen LogP contribution >= 0.6 is 0 Å². The zero-order valence-electron chi connectivity index (χ0n) is 7.35. The maximum Gasteiger partial charge on any atom is 0.512 e. The summed E-state index contributed by atoms with van der Waals surface area (Å²) >= 11 is 0. The summed E-state index contributed by atoms with van der Waals surface area (Å²) in [6, 6.07) is 0. The zero-order valence-corrected chi connectivity index (χ0v) is 7.35. The molecule has 0 saturated heterocycles. The van der Waals surface area contributed by atoms with Crippen molar-refractivity contribution in [3.05, 3.63) is 29.1 Å². The third-order valence-corrected chi connectivity index (χ3v) is 1.61. The smallest absolute Gasteiger partial charge is 0.201 e. The summed E-state index contributed by atoms with van der Waals surface area (Å²) in [4.78, 5) is 0. The number of alkyl halides is 3. The quantitative estimate of drug-likeness (QED) is 0.247. The molecule has 1 nitrogen and oxygen atoms in total. The van der Waals surface area contributed by atoms with Gasteiger partial charge in [-0.1, -0.05) is 4.48 Å². The normalized spacial score (nSPS) is 11.8. The van der Waals surface area contributed by atoms with E-state index in [4.69, 9.17) is 0 Å². The Kier molecular flexibility index (Phi) is 3.17. The van der Waals surface area contributed by atoms with Crippen molar-refractivity contribution in [2.24, 2.45) is 0 Å². The van der Waals surface area contributed by atoms with Crippen LogP contribution in [-0.2, 0) is 0 Å². The number of hydrogen-bond acceptors (Lipinski definition) is 1. The van der Waals surface area contributed by atoms with Crippen molar-refractivity contribution in [2.75, 3.05) is 5.12 Å². The molecule has 0 bridgehead atoms. The second-order valence-electron chi connectivity index (χ2n) is 2.67. The minimum atomic E-state index is -5.95. The highest BCUT2D eigenvalue weighted by Gasteiger charge is 2.44. The lowest BCUT2D eigenvalue weighted by Crippen LogP contribution is -2.32. The summed E-state index contributed by atoms with van der Waals surface area (Å²) in [6.45, 7) is 0. The third kappa shape index (κ3) is 2.11. The van der Waals surface area contributed by atoms with Gasteiger partial charge in [-0.2, -0.15) is 0 Å². The van der Waals surface area contributed by atoms with Gasteiger partial charge in [0.25, 0.3) is 0 Å². The highest BCUT2D eigenvalue weighted by atomic mass is 19.4. The van der Waals surface area contributed by atoms with Gasteiger partial charge < -0.3 is 0 Å². The fourth-order valence-electron chi connectivity index (χ4n) is 0.892. The molecule has 0 spiro atoms. The molecule has 0 aromatic heterocycles. The number of hydrogen-bond donors (Lipinski definition) is 0. The van der Waals surface area contributed by atoms with E-state index in [-0.39, 0.29) is 0 Å². The molecule has 0 atom stereocenters. The van der Waals surface area contributed by atoms with Gasteiger partial charge in [0.05, 0.1) is 0 Å². The summed E-state index contributed by atoms with van der Waals surface area (Å²) < 4.78 is 110. The molecule has 0 aliphatic rings. The van der Waals surface area contributed by atoms with Crippen LogP contribution in [-0.4, -0.2) is 6.30 Å². The topological polar surface area (TPSA) is 3.24 Å². The molecule has 0 N–H and O–H groups in total. The van der Waals surface area contributed by atoms with Crippen LogP contribution in [0.1, 0.15) is 0 Å². The lowest BCUT2D eigenvalue weighted by Gasteiger charge is -2.18. The second-order valence-corrected chi connectivity index (χ2v) is 2.67. The molecule has 0 fully saturated rings. The number of rotatable bonds is 1. The van der Waals surface area contributed by atoms with Crippen LogP contribution in [0.5, 0.6) is 0 Å². The number of anilines is 1. The van der Waals surface area contributed by atoms with E-state index >= 15 is 0 Å². The Labute approximate surface area is 87.0 Å². The Balaban J connectivity index is 3.55. The van der Waals surface area contributed by atoms with Crippen LogP contribution in [0.25, 0.3) is 0 Å². The van der Waals surface area contributed by atoms with Gasteiger partial charge in [0.2, 0.25) is 5.82 Å². The maximum atomic E-state index is 12.7. The first-order chi connectivity index (χ1) is 7.59. The van der Waals surface area contributed by atoms with E-state index in [9.17, 15) is 39.6 Å². The van der Waals surface area contributed by atoms with Crippen LogP contribution in [0.15, 0.2) is 0 Å². The zero-order chi connectivity index (χ0) is 13.5. The van der Waals surface area contributed by atoms with E-state index < -0.39 is 46.2 Å². The van der Waals surface area contributed by atoms with Crippen molar-refractivity contribution in [1.82, 2.24) is 0 Å². The first-order valence-electron chi connectivity index (χ1n) is 3.63. The van der Waals surface area contributed by atoms with Gasteiger partial charge in [0.15, 0.2) is 29.0 Å². The Morgan fingerprint density at radius 1 is 0.647 bits per heavy atom. The van der Waals surface area contributed by atoms with Gasteiger partial charge in [-0.25, -0.2) is 22.0 Å². The average Bonchev–Trinajstić information content (AvgIpc) is 2.22. The molecule has 0 aliphatic carbocycles. The van der Waals surface area contributed by atoms with E-state index in [2.05, 4.69) is 0 Å². The van der Waals surface area contributed by atoms with Crippen molar-refractivity contribution >= 4 is 5.69 Å². The largest absolute Gasteiger partial charge is 0.512 e. The van der Waals surface area contributed by atoms with Crippen LogP contribution in [0.4, 0.5) is 45.3 Å². The lowest BCUT2D eigenvalue weighted by molar-refractivity contribution is -0.158. The molecule has 0 aliphatic heterocycles. The van der Waals surface area contributed by atoms with Crippen LogP contribution in [0, 0.1) is 29.1 Å². The molecule has 96 valence electrons. The maximum absolute atomic E-state index is 12.7. The highest BCUT2D eigenvalue weighted by Crippen LogP contribution is 2.36. The van der Waals surface area contributed by atoms with E-state index in [1.807, 2.05) is 0 Å². The standard InChI is InChI=1S/C7F9N/c8-1-2(9)4(11)6(5(12)3(1)10)17(16)7(13,14)15. The minimum Gasteiger partial charge on any atom is -0.201 e. The van der Waals surface area contributed by atoms with Gasteiger partial charge in [0, 0.05) is 0 Å². The molecule has 1 aromatic carbocycles. The first-order valence-corrected chi connectivity index (χ1v) is 3.63. The Morgan fingerprint density at radius 3 is 1.24 bits per heavy atom. The van der Waals surface area contributed by atoms with Gasteiger partial charge >= 0.3 is 6.30 Å². The summed E-state index contributed by atoms with van der Waals surface area (Å²) in [5.74, 6) is -13.9. The highest BCUT2D eigenvalue weighted by molar-refractivity contribution is 5.48. The fourth-order valence-corrected chi connectivity index (χ4v) is 0.892. The molecule has 0 unspecified atom stereocenters. The summed E-state index contributed by atoms with van der Waals surface area (Å²) in [5, 5.41) is -2.50. The van der Waals surface area contributed by atoms with Gasteiger partial charge in [-0.05, 0) is 0 Å².